The molecule has 0 atom stereocenters. The minimum atomic E-state index is -0.342. The van der Waals surface area contributed by atoms with Gasteiger partial charge in [0.25, 0.3) is 0 Å². The number of piperidine rings is 1. The van der Waals surface area contributed by atoms with Crippen LogP contribution < -0.4 is 15.9 Å². The molecule has 7 heteroatoms. The molecule has 1 aliphatic rings. The molecule has 4 N–H and O–H groups in total. The van der Waals surface area contributed by atoms with E-state index in [0.717, 1.165) is 18.5 Å². The summed E-state index contributed by atoms with van der Waals surface area (Å²) in [6, 6.07) is 0.0413. The largest absolute Gasteiger partial charge is 0.351 e. The molecular weight excluding hydrogens is 240 g/mol. The lowest BCUT2D eigenvalue weighted by Gasteiger charge is -2.31. The van der Waals surface area contributed by atoms with Crippen LogP contribution in [0.5, 0.6) is 0 Å². The van der Waals surface area contributed by atoms with Crippen LogP contribution in [0, 0.1) is 0 Å². The Morgan fingerprint density at radius 1 is 1.59 bits per heavy atom. The number of carbonyl (C=O) groups excluding carboxylic acids is 1. The van der Waals surface area contributed by atoms with Crippen molar-refractivity contribution in [2.24, 2.45) is 5.73 Å². The summed E-state index contributed by atoms with van der Waals surface area (Å²) in [7, 11) is 0. The van der Waals surface area contributed by atoms with Gasteiger partial charge in [0, 0.05) is 36.8 Å². The number of hydrogen-bond acceptors (Lipinski definition) is 4. The molecular formula is C10H16N4O2S. The second-order valence-corrected chi connectivity index (χ2v) is 5.00. The van der Waals surface area contributed by atoms with Gasteiger partial charge in [-0.25, -0.2) is 4.79 Å². The van der Waals surface area contributed by atoms with E-state index in [1.807, 2.05) is 5.38 Å². The minimum absolute atomic E-state index is 0.0228. The Kier molecular flexibility index (Phi) is 3.80. The molecule has 94 valence electrons. The summed E-state index contributed by atoms with van der Waals surface area (Å²) in [6.45, 7) is 2.07. The highest BCUT2D eigenvalue weighted by molar-refractivity contribution is 7.07. The number of rotatable bonds is 3. The number of nitrogens with one attached hydrogen (secondary N) is 2. The molecule has 0 saturated carbocycles. The van der Waals surface area contributed by atoms with Gasteiger partial charge < -0.3 is 20.9 Å². The summed E-state index contributed by atoms with van der Waals surface area (Å²) in [6.07, 6.45) is 1.80. The molecule has 1 fully saturated rings. The first-order valence-electron chi connectivity index (χ1n) is 5.59. The predicted molar refractivity (Wildman–Crippen MR) is 66.0 cm³/mol. The Hall–Kier alpha value is -1.34. The van der Waals surface area contributed by atoms with Crippen LogP contribution in [0.1, 0.15) is 18.5 Å². The lowest BCUT2D eigenvalue weighted by Crippen LogP contribution is -2.46. The first kappa shape index (κ1) is 12.1. The van der Waals surface area contributed by atoms with E-state index in [1.165, 1.54) is 11.3 Å². The van der Waals surface area contributed by atoms with Gasteiger partial charge in [-0.05, 0) is 12.8 Å². The van der Waals surface area contributed by atoms with Crippen molar-refractivity contribution >= 4 is 17.4 Å². The Bertz CT molecular complexity index is 434. The molecule has 2 amide bonds. The maximum Gasteiger partial charge on any atom is 0.314 e. The van der Waals surface area contributed by atoms with Crippen molar-refractivity contribution in [1.82, 2.24) is 15.2 Å². The number of aromatic nitrogens is 1. The third-order valence-corrected chi connectivity index (χ3v) is 3.68. The number of nitrogens with zero attached hydrogens (tertiary/aromatic N) is 1. The van der Waals surface area contributed by atoms with Gasteiger partial charge in [-0.15, -0.1) is 0 Å². The van der Waals surface area contributed by atoms with Gasteiger partial charge in [-0.1, -0.05) is 11.3 Å². The fourth-order valence-electron chi connectivity index (χ4n) is 1.96. The second-order valence-electron chi connectivity index (χ2n) is 4.15. The molecule has 0 aromatic carbocycles. The van der Waals surface area contributed by atoms with Crippen molar-refractivity contribution in [2.45, 2.75) is 25.4 Å². The quantitative estimate of drug-likeness (QED) is 0.714. The van der Waals surface area contributed by atoms with E-state index in [-0.39, 0.29) is 10.9 Å². The van der Waals surface area contributed by atoms with E-state index >= 15 is 0 Å². The van der Waals surface area contributed by atoms with E-state index in [4.69, 9.17) is 5.73 Å². The van der Waals surface area contributed by atoms with Crippen molar-refractivity contribution in [3.8, 4) is 0 Å². The van der Waals surface area contributed by atoms with E-state index < -0.39 is 0 Å². The number of amides is 2. The second kappa shape index (κ2) is 5.33. The summed E-state index contributed by atoms with van der Waals surface area (Å²) in [5.41, 5.74) is 6.12. The molecule has 1 aromatic heterocycles. The van der Waals surface area contributed by atoms with E-state index in [1.54, 1.807) is 4.90 Å². The summed E-state index contributed by atoms with van der Waals surface area (Å²) >= 11 is 1.17. The molecule has 0 bridgehead atoms. The lowest BCUT2D eigenvalue weighted by molar-refractivity contribution is 0.185. The number of H-pyrrole nitrogens is 1. The predicted octanol–water partition coefficient (Wildman–Crippen LogP) is 0.0691. The van der Waals surface area contributed by atoms with Crippen molar-refractivity contribution < 1.29 is 4.79 Å². The van der Waals surface area contributed by atoms with Gasteiger partial charge in [0.1, 0.15) is 0 Å². The number of thiazole rings is 1. The topological polar surface area (TPSA) is 91.2 Å². The number of aromatic amines is 1. The fourth-order valence-corrected chi connectivity index (χ4v) is 2.54. The van der Waals surface area contributed by atoms with Gasteiger partial charge >= 0.3 is 10.9 Å². The molecule has 0 unspecified atom stereocenters. The smallest absolute Gasteiger partial charge is 0.314 e. The number of urea groups is 1. The van der Waals surface area contributed by atoms with Crippen LogP contribution >= 0.6 is 11.3 Å². The van der Waals surface area contributed by atoms with E-state index in [2.05, 4.69) is 10.3 Å². The van der Waals surface area contributed by atoms with Crippen LogP contribution in [0.2, 0.25) is 0 Å². The van der Waals surface area contributed by atoms with Gasteiger partial charge in [0.2, 0.25) is 0 Å². The van der Waals surface area contributed by atoms with Crippen LogP contribution in [0.3, 0.4) is 0 Å². The molecule has 17 heavy (non-hydrogen) atoms. The third-order valence-electron chi connectivity index (χ3n) is 2.96. The molecule has 0 spiro atoms. The molecule has 1 saturated heterocycles. The van der Waals surface area contributed by atoms with Gasteiger partial charge in [0.15, 0.2) is 0 Å². The highest BCUT2D eigenvalue weighted by Crippen LogP contribution is 2.10. The first-order chi connectivity index (χ1) is 8.15. The summed E-state index contributed by atoms with van der Waals surface area (Å²) in [4.78, 5) is 26.3. The average Bonchev–Trinajstić information content (AvgIpc) is 2.73. The first-order valence-corrected chi connectivity index (χ1v) is 6.47. The highest BCUT2D eigenvalue weighted by atomic mass is 32.1. The maximum absolute atomic E-state index is 10.9. The van der Waals surface area contributed by atoms with Crippen LogP contribution in [-0.4, -0.2) is 35.0 Å². The standard InChI is InChI=1S/C10H16N4O2S/c11-9(15)14-3-1-7(2-4-14)12-5-8-6-17-10(16)13-8/h6-7,12H,1-5H2,(H2,11,15)(H,13,16). The number of nitrogens with two attached hydrogens (primary N) is 1. The van der Waals surface area contributed by atoms with Crippen molar-refractivity contribution in [3.63, 3.8) is 0 Å². The third kappa shape index (κ3) is 3.31. The molecule has 0 aliphatic carbocycles. The summed E-state index contributed by atoms with van der Waals surface area (Å²) in [5.74, 6) is 0. The van der Waals surface area contributed by atoms with E-state index in [9.17, 15) is 9.59 Å². The van der Waals surface area contributed by atoms with Crippen LogP contribution in [0.4, 0.5) is 4.79 Å². The monoisotopic (exact) mass is 256 g/mol. The van der Waals surface area contributed by atoms with Crippen LogP contribution in [0.15, 0.2) is 10.2 Å². The number of hydrogen-bond donors (Lipinski definition) is 3. The number of primary amides is 1. The average molecular weight is 256 g/mol. The van der Waals surface area contributed by atoms with Gasteiger partial charge in [-0.3, -0.25) is 4.79 Å². The molecule has 0 radical (unpaired) electrons. The van der Waals surface area contributed by atoms with E-state index in [0.29, 0.717) is 25.7 Å². The molecule has 1 aromatic rings. The Labute approximate surface area is 103 Å². The zero-order valence-corrected chi connectivity index (χ0v) is 10.3. The summed E-state index contributed by atoms with van der Waals surface area (Å²) in [5, 5.41) is 5.20. The molecule has 1 aliphatic heterocycles. The normalized spacial score (nSPS) is 17.3. The van der Waals surface area contributed by atoms with Crippen LogP contribution in [-0.2, 0) is 6.54 Å². The van der Waals surface area contributed by atoms with Crippen molar-refractivity contribution in [3.05, 3.63) is 20.7 Å². The van der Waals surface area contributed by atoms with Crippen molar-refractivity contribution in [2.75, 3.05) is 13.1 Å². The molecule has 6 nitrogen and oxygen atoms in total. The fraction of sp³-hybridized carbons (Fsp3) is 0.600. The highest BCUT2D eigenvalue weighted by Gasteiger charge is 2.20. The Balaban J connectivity index is 1.75. The Morgan fingerprint density at radius 2 is 2.29 bits per heavy atom. The number of carbonyl (C=O) groups is 1. The number of likely N-dealkylation sites (tertiary alicyclic amines) is 1. The minimum Gasteiger partial charge on any atom is -0.351 e. The zero-order valence-electron chi connectivity index (χ0n) is 9.44. The van der Waals surface area contributed by atoms with Crippen molar-refractivity contribution in [1.29, 1.82) is 0 Å². The molecule has 2 rings (SSSR count). The lowest BCUT2D eigenvalue weighted by atomic mass is 10.1. The zero-order chi connectivity index (χ0) is 12.3. The Morgan fingerprint density at radius 3 is 2.82 bits per heavy atom. The SMILES string of the molecule is NC(=O)N1CCC(NCc2csc(=O)[nH]2)CC1. The van der Waals surface area contributed by atoms with Gasteiger partial charge in [0.05, 0.1) is 0 Å². The maximum atomic E-state index is 10.9. The molecule has 2 heterocycles. The summed E-state index contributed by atoms with van der Waals surface area (Å²) < 4.78 is 0. The van der Waals surface area contributed by atoms with Gasteiger partial charge in [-0.2, -0.15) is 0 Å². The van der Waals surface area contributed by atoms with Crippen LogP contribution in [0.25, 0.3) is 0 Å².